The van der Waals surface area contributed by atoms with Crippen molar-refractivity contribution in [2.45, 2.75) is 45.5 Å². The molecule has 1 rings (SSSR count). The number of hydrogen-bond acceptors (Lipinski definition) is 3. The topological polar surface area (TPSA) is 35.5 Å². The summed E-state index contributed by atoms with van der Waals surface area (Å²) in [6, 6.07) is 4.34. The summed E-state index contributed by atoms with van der Waals surface area (Å²) in [5.41, 5.74) is 3.34. The summed E-state index contributed by atoms with van der Waals surface area (Å²) < 4.78 is 37.6. The number of esters is 1. The number of methoxy groups -OCH3 is 1. The summed E-state index contributed by atoms with van der Waals surface area (Å²) in [5, 5.41) is 0. The van der Waals surface area contributed by atoms with Crippen molar-refractivity contribution in [2.75, 3.05) is 7.11 Å². The highest BCUT2D eigenvalue weighted by Gasteiger charge is 2.30. The van der Waals surface area contributed by atoms with Crippen LogP contribution in [0.25, 0.3) is 0 Å². The molecule has 6 heteroatoms. The van der Waals surface area contributed by atoms with Crippen LogP contribution in [0.2, 0.25) is 19.6 Å². The Balaban J connectivity index is 3.22. The van der Waals surface area contributed by atoms with Crippen LogP contribution in [0.4, 0.5) is 8.78 Å². The monoisotopic (exact) mass is 340 g/mol. The van der Waals surface area contributed by atoms with Crippen LogP contribution in [0.5, 0.6) is 5.75 Å². The van der Waals surface area contributed by atoms with Gasteiger partial charge in [0.15, 0.2) is 6.10 Å². The van der Waals surface area contributed by atoms with E-state index in [0.717, 1.165) is 6.92 Å². The van der Waals surface area contributed by atoms with Crippen LogP contribution < -0.4 is 4.74 Å². The molecule has 0 saturated heterocycles. The summed E-state index contributed by atoms with van der Waals surface area (Å²) in [5.74, 6) is -0.840. The van der Waals surface area contributed by atoms with Crippen molar-refractivity contribution >= 4 is 14.0 Å². The van der Waals surface area contributed by atoms with Crippen molar-refractivity contribution in [1.29, 1.82) is 0 Å². The molecule has 0 aliphatic rings. The number of carbonyl (C=O) groups excluding carboxylic acids is 1. The van der Waals surface area contributed by atoms with Gasteiger partial charge in [0.2, 0.25) is 0 Å². The van der Waals surface area contributed by atoms with Crippen LogP contribution in [-0.4, -0.2) is 27.3 Å². The molecule has 0 saturated carbocycles. The molecule has 1 atom stereocenters. The normalized spacial score (nSPS) is 12.9. The van der Waals surface area contributed by atoms with Crippen LogP contribution >= 0.6 is 0 Å². The molecule has 0 amide bonds. The van der Waals surface area contributed by atoms with Gasteiger partial charge in [0.25, 0.3) is 5.92 Å². The van der Waals surface area contributed by atoms with E-state index in [1.807, 2.05) is 0 Å². The Morgan fingerprint density at radius 2 is 1.91 bits per heavy atom. The van der Waals surface area contributed by atoms with Gasteiger partial charge in [-0.25, -0.2) is 13.6 Å². The molecule has 23 heavy (non-hydrogen) atoms. The maximum Gasteiger partial charge on any atom is 0.346 e. The molecule has 1 aromatic carbocycles. The van der Waals surface area contributed by atoms with E-state index in [4.69, 9.17) is 4.74 Å². The molecule has 0 aromatic heterocycles. The maximum absolute atomic E-state index is 13.9. The average molecular weight is 340 g/mol. The minimum Gasteiger partial charge on any atom is -0.479 e. The number of benzene rings is 1. The molecule has 1 aromatic rings. The Morgan fingerprint density at radius 1 is 1.30 bits per heavy atom. The van der Waals surface area contributed by atoms with Gasteiger partial charge in [-0.1, -0.05) is 25.6 Å². The second-order valence-electron chi connectivity index (χ2n) is 6.38. The van der Waals surface area contributed by atoms with Gasteiger partial charge in [-0.15, -0.1) is 5.54 Å². The van der Waals surface area contributed by atoms with Gasteiger partial charge in [-0.2, -0.15) is 0 Å². The zero-order valence-corrected chi connectivity index (χ0v) is 15.3. The zero-order valence-electron chi connectivity index (χ0n) is 14.3. The van der Waals surface area contributed by atoms with Crippen molar-refractivity contribution in [1.82, 2.24) is 0 Å². The molecule has 0 radical (unpaired) electrons. The Labute approximate surface area is 137 Å². The Morgan fingerprint density at radius 3 is 2.39 bits per heavy atom. The highest BCUT2D eigenvalue weighted by molar-refractivity contribution is 6.83. The zero-order chi connectivity index (χ0) is 17.8. The van der Waals surface area contributed by atoms with Gasteiger partial charge in [0.1, 0.15) is 13.8 Å². The first kappa shape index (κ1) is 19.2. The van der Waals surface area contributed by atoms with E-state index in [0.29, 0.717) is 5.56 Å². The van der Waals surface area contributed by atoms with E-state index < -0.39 is 26.1 Å². The fourth-order valence-electron chi connectivity index (χ4n) is 1.72. The smallest absolute Gasteiger partial charge is 0.346 e. The van der Waals surface area contributed by atoms with Crippen molar-refractivity contribution < 1.29 is 23.0 Å². The lowest BCUT2D eigenvalue weighted by Gasteiger charge is -2.19. The minimum atomic E-state index is -3.11. The van der Waals surface area contributed by atoms with Gasteiger partial charge in [-0.05, 0) is 25.1 Å². The van der Waals surface area contributed by atoms with Crippen molar-refractivity contribution in [3.8, 4) is 17.2 Å². The average Bonchev–Trinajstić information content (AvgIpc) is 2.43. The fraction of sp³-hybridized carbons (Fsp3) is 0.471. The number of hydrogen-bond donors (Lipinski definition) is 0. The van der Waals surface area contributed by atoms with Crippen LogP contribution in [0, 0.1) is 11.5 Å². The Hall–Kier alpha value is -1.87. The molecule has 0 aliphatic heterocycles. The third-order valence-electron chi connectivity index (χ3n) is 2.87. The quantitative estimate of drug-likeness (QED) is 0.473. The van der Waals surface area contributed by atoms with Gasteiger partial charge in [-0.3, -0.25) is 0 Å². The third kappa shape index (κ3) is 6.03. The lowest BCUT2D eigenvalue weighted by atomic mass is 10.1. The largest absolute Gasteiger partial charge is 0.479 e. The van der Waals surface area contributed by atoms with Crippen LogP contribution in [0.15, 0.2) is 18.2 Å². The maximum atomic E-state index is 13.9. The molecule has 0 fully saturated rings. The van der Waals surface area contributed by atoms with Crippen molar-refractivity contribution in [2.24, 2.45) is 0 Å². The molecule has 0 aliphatic carbocycles. The summed E-state index contributed by atoms with van der Waals surface area (Å²) in [6.07, 6.45) is -0.972. The lowest BCUT2D eigenvalue weighted by Crippen LogP contribution is -2.26. The van der Waals surface area contributed by atoms with E-state index in [-0.39, 0.29) is 11.3 Å². The van der Waals surface area contributed by atoms with E-state index >= 15 is 0 Å². The van der Waals surface area contributed by atoms with E-state index in [9.17, 15) is 13.6 Å². The van der Waals surface area contributed by atoms with Gasteiger partial charge in [0.05, 0.1) is 12.7 Å². The Kier molecular flexibility index (Phi) is 5.95. The molecule has 3 nitrogen and oxygen atoms in total. The molecule has 0 unspecified atom stereocenters. The molecular formula is C17H22F2O3Si. The first-order valence-corrected chi connectivity index (χ1v) is 10.7. The summed E-state index contributed by atoms with van der Waals surface area (Å²) in [7, 11) is -0.389. The highest BCUT2D eigenvalue weighted by Crippen LogP contribution is 2.35. The number of halogens is 2. The van der Waals surface area contributed by atoms with Gasteiger partial charge >= 0.3 is 5.97 Å². The number of ether oxygens (including phenoxy) is 2. The number of carbonyl (C=O) groups is 1. The Bertz CT molecular complexity index is 634. The summed E-state index contributed by atoms with van der Waals surface area (Å²) in [6.45, 7) is 8.45. The lowest BCUT2D eigenvalue weighted by molar-refractivity contribution is -0.148. The second kappa shape index (κ2) is 7.13. The summed E-state index contributed by atoms with van der Waals surface area (Å²) in [4.78, 5) is 11.4. The van der Waals surface area contributed by atoms with Crippen molar-refractivity contribution in [3.63, 3.8) is 0 Å². The van der Waals surface area contributed by atoms with Crippen molar-refractivity contribution in [3.05, 3.63) is 29.3 Å². The predicted octanol–water partition coefficient (Wildman–Crippen LogP) is 3.97. The molecule has 0 N–H and O–H groups in total. The molecular weight excluding hydrogens is 318 g/mol. The first-order chi connectivity index (χ1) is 10.4. The highest BCUT2D eigenvalue weighted by atomic mass is 28.3. The minimum absolute atomic E-state index is 0.0473. The molecule has 126 valence electrons. The van der Waals surface area contributed by atoms with Crippen LogP contribution in [0.1, 0.15) is 25.0 Å². The van der Waals surface area contributed by atoms with Gasteiger partial charge < -0.3 is 9.47 Å². The summed E-state index contributed by atoms with van der Waals surface area (Å²) >= 11 is 0. The van der Waals surface area contributed by atoms with E-state index in [2.05, 4.69) is 35.8 Å². The van der Waals surface area contributed by atoms with Gasteiger partial charge in [0, 0.05) is 12.5 Å². The first-order valence-electron chi connectivity index (χ1n) is 7.24. The van der Waals surface area contributed by atoms with E-state index in [1.165, 1.54) is 26.2 Å². The predicted molar refractivity (Wildman–Crippen MR) is 88.3 cm³/mol. The van der Waals surface area contributed by atoms with Crippen LogP contribution in [-0.2, 0) is 15.5 Å². The van der Waals surface area contributed by atoms with E-state index in [1.54, 1.807) is 6.07 Å². The SMILES string of the molecule is COC(=O)[C@H](C)Oc1ccc(C#C[Si](C)(C)C)cc1C(C)(F)F. The standard InChI is InChI=1S/C17H22F2O3Si/c1-12(16(20)21-3)22-15-8-7-13(9-10-23(4,5)6)11-14(15)17(2,18)19/h7-8,11-12H,1-6H3/t12-/m0/s1. The molecule has 0 spiro atoms. The molecule has 0 bridgehead atoms. The number of alkyl halides is 2. The third-order valence-corrected chi connectivity index (χ3v) is 3.75. The van der Waals surface area contributed by atoms with Crippen LogP contribution in [0.3, 0.4) is 0 Å². The second-order valence-corrected chi connectivity index (χ2v) is 11.1. The fourth-order valence-corrected chi connectivity index (χ4v) is 2.24. The molecule has 0 heterocycles. The number of rotatable bonds is 4.